The van der Waals surface area contributed by atoms with E-state index in [1.165, 1.54) is 0 Å². The quantitative estimate of drug-likeness (QED) is 0.316. The molecule has 3 aromatic carbocycles. The Morgan fingerprint density at radius 1 is 0.800 bits per heavy atom. The Balaban J connectivity index is 0.000000540. The fourth-order valence-corrected chi connectivity index (χ4v) is 3.53. The molecular weight excluding hydrogens is 459 g/mol. The average molecular weight is 488 g/mol. The molecule has 3 rings (SSSR count). The number of hydrogen-bond acceptors (Lipinski definition) is 4. The van der Waals surface area contributed by atoms with Gasteiger partial charge in [-0.3, -0.25) is 4.79 Å². The van der Waals surface area contributed by atoms with Crippen LogP contribution in [0.3, 0.4) is 0 Å². The van der Waals surface area contributed by atoms with Gasteiger partial charge in [0.05, 0.1) is 5.41 Å². The number of halogens is 3. The van der Waals surface area contributed by atoms with Crippen molar-refractivity contribution in [3.05, 3.63) is 102 Å². The van der Waals surface area contributed by atoms with E-state index in [4.69, 9.17) is 14.6 Å². The molecule has 0 atom stereocenters. The lowest BCUT2D eigenvalue weighted by Crippen LogP contribution is -2.41. The van der Waals surface area contributed by atoms with Crippen molar-refractivity contribution < 1.29 is 32.6 Å². The lowest BCUT2D eigenvalue weighted by Gasteiger charge is -2.32. The molecular formula is C27H28F3NO4. The zero-order valence-corrected chi connectivity index (χ0v) is 19.3. The van der Waals surface area contributed by atoms with Crippen molar-refractivity contribution in [1.29, 1.82) is 0 Å². The van der Waals surface area contributed by atoms with E-state index < -0.39 is 17.6 Å². The van der Waals surface area contributed by atoms with E-state index in [9.17, 15) is 18.0 Å². The van der Waals surface area contributed by atoms with Crippen molar-refractivity contribution >= 4 is 11.9 Å². The monoisotopic (exact) mass is 487 g/mol. The van der Waals surface area contributed by atoms with E-state index in [0.29, 0.717) is 25.0 Å². The van der Waals surface area contributed by atoms with E-state index >= 15 is 0 Å². The predicted molar refractivity (Wildman–Crippen MR) is 127 cm³/mol. The second kappa shape index (κ2) is 13.3. The van der Waals surface area contributed by atoms with Crippen LogP contribution in [-0.2, 0) is 22.4 Å². The zero-order chi connectivity index (χ0) is 25.7. The molecule has 186 valence electrons. The maximum absolute atomic E-state index is 13.5. The molecule has 0 aliphatic rings. The number of ether oxygens (including phenoxy) is 1. The molecule has 0 bridgehead atoms. The van der Waals surface area contributed by atoms with Gasteiger partial charge in [-0.25, -0.2) is 4.79 Å². The molecule has 2 N–H and O–H groups in total. The first-order valence-corrected chi connectivity index (χ1v) is 11.0. The van der Waals surface area contributed by atoms with E-state index in [-0.39, 0.29) is 5.97 Å². The van der Waals surface area contributed by atoms with E-state index in [2.05, 4.69) is 29.6 Å². The fourth-order valence-electron chi connectivity index (χ4n) is 3.53. The van der Waals surface area contributed by atoms with Gasteiger partial charge < -0.3 is 15.2 Å². The highest BCUT2D eigenvalue weighted by Gasteiger charge is 2.40. The molecule has 0 amide bonds. The highest BCUT2D eigenvalue weighted by molar-refractivity contribution is 5.80. The van der Waals surface area contributed by atoms with Gasteiger partial charge in [-0.1, -0.05) is 78.9 Å². The number of benzene rings is 3. The molecule has 0 radical (unpaired) electrons. The van der Waals surface area contributed by atoms with Gasteiger partial charge in [0.15, 0.2) is 0 Å². The molecule has 0 saturated carbocycles. The predicted octanol–water partition coefficient (Wildman–Crippen LogP) is 5.31. The van der Waals surface area contributed by atoms with Gasteiger partial charge in [-0.05, 0) is 56.1 Å². The third-order valence-electron chi connectivity index (χ3n) is 5.25. The van der Waals surface area contributed by atoms with Gasteiger partial charge in [0, 0.05) is 0 Å². The summed E-state index contributed by atoms with van der Waals surface area (Å²) in [6, 6.07) is 29.7. The Kier molecular flexibility index (Phi) is 10.5. The standard InChI is InChI=1S/C25H27NO2.C2HF3O2/c1-26-18-17-25(19-21-11-5-2-6-12-21,20-22-13-7-3-8-14-22)24(27)28-23-15-9-4-10-16-23;3-2(4,5)1(6)7/h2-16,26H,17-20H2,1H3;(H,6,7). The smallest absolute Gasteiger partial charge is 0.475 e. The summed E-state index contributed by atoms with van der Waals surface area (Å²) in [5.41, 5.74) is 1.63. The third-order valence-corrected chi connectivity index (χ3v) is 5.25. The lowest BCUT2D eigenvalue weighted by atomic mass is 9.74. The maximum atomic E-state index is 13.5. The topological polar surface area (TPSA) is 75.6 Å². The Bertz CT molecular complexity index is 1000. The summed E-state index contributed by atoms with van der Waals surface area (Å²) in [6.07, 6.45) is -3.12. The SMILES string of the molecule is CNCCC(Cc1ccccc1)(Cc1ccccc1)C(=O)Oc1ccccc1.O=C(O)C(F)(F)F. The molecule has 0 spiro atoms. The van der Waals surface area contributed by atoms with Gasteiger partial charge in [-0.2, -0.15) is 13.2 Å². The normalized spacial score (nSPS) is 11.2. The van der Waals surface area contributed by atoms with E-state index in [1.807, 2.05) is 73.8 Å². The van der Waals surface area contributed by atoms with Crippen LogP contribution in [0.15, 0.2) is 91.0 Å². The Hall–Kier alpha value is -3.65. The molecule has 0 unspecified atom stereocenters. The molecule has 0 aliphatic carbocycles. The van der Waals surface area contributed by atoms with Crippen molar-refractivity contribution in [2.24, 2.45) is 5.41 Å². The summed E-state index contributed by atoms with van der Waals surface area (Å²) >= 11 is 0. The number of carboxylic acids is 1. The van der Waals surface area contributed by atoms with Gasteiger partial charge in [-0.15, -0.1) is 0 Å². The number of hydrogen-bond donors (Lipinski definition) is 2. The fraction of sp³-hybridized carbons (Fsp3) is 0.259. The minimum Gasteiger partial charge on any atom is -0.475 e. The molecule has 3 aromatic rings. The molecule has 0 fully saturated rings. The van der Waals surface area contributed by atoms with Gasteiger partial charge in [0.1, 0.15) is 5.75 Å². The van der Waals surface area contributed by atoms with Crippen molar-refractivity contribution in [1.82, 2.24) is 5.32 Å². The van der Waals surface area contributed by atoms with Gasteiger partial charge >= 0.3 is 18.1 Å². The van der Waals surface area contributed by atoms with Crippen LogP contribution in [-0.4, -0.2) is 36.8 Å². The molecule has 0 aromatic heterocycles. The number of alkyl halides is 3. The van der Waals surface area contributed by atoms with E-state index in [1.54, 1.807) is 0 Å². The van der Waals surface area contributed by atoms with Crippen LogP contribution in [0.2, 0.25) is 0 Å². The van der Waals surface area contributed by atoms with Crippen LogP contribution in [0.4, 0.5) is 13.2 Å². The summed E-state index contributed by atoms with van der Waals surface area (Å²) < 4.78 is 37.6. The summed E-state index contributed by atoms with van der Waals surface area (Å²) in [5.74, 6) is -2.35. The van der Waals surface area contributed by atoms with Crippen LogP contribution in [0.25, 0.3) is 0 Å². The van der Waals surface area contributed by atoms with E-state index in [0.717, 1.165) is 17.7 Å². The molecule has 8 heteroatoms. The third kappa shape index (κ3) is 9.25. The summed E-state index contributed by atoms with van der Waals surface area (Å²) in [6.45, 7) is 0.740. The second-order valence-electron chi connectivity index (χ2n) is 7.96. The molecule has 0 saturated heterocycles. The Morgan fingerprint density at radius 2 is 1.20 bits per heavy atom. The number of carbonyl (C=O) groups excluding carboxylic acids is 1. The zero-order valence-electron chi connectivity index (χ0n) is 19.3. The number of para-hydroxylation sites is 1. The van der Waals surface area contributed by atoms with Crippen LogP contribution >= 0.6 is 0 Å². The average Bonchev–Trinajstić information content (AvgIpc) is 2.84. The Labute approximate surface area is 202 Å². The van der Waals surface area contributed by atoms with Crippen LogP contribution in [0.1, 0.15) is 17.5 Å². The first-order chi connectivity index (χ1) is 16.7. The molecule has 5 nitrogen and oxygen atoms in total. The number of carbonyl (C=O) groups is 2. The highest BCUT2D eigenvalue weighted by Crippen LogP contribution is 2.34. The first kappa shape index (κ1) is 27.6. The van der Waals surface area contributed by atoms with Crippen molar-refractivity contribution in [2.75, 3.05) is 13.6 Å². The number of carboxylic acid groups (broad SMARTS) is 1. The molecule has 0 aliphatic heterocycles. The summed E-state index contributed by atoms with van der Waals surface area (Å²) in [5, 5.41) is 10.3. The Morgan fingerprint density at radius 3 is 1.57 bits per heavy atom. The molecule has 0 heterocycles. The largest absolute Gasteiger partial charge is 0.490 e. The van der Waals surface area contributed by atoms with Crippen molar-refractivity contribution in [3.63, 3.8) is 0 Å². The number of aliphatic carboxylic acids is 1. The van der Waals surface area contributed by atoms with Crippen LogP contribution in [0.5, 0.6) is 5.75 Å². The summed E-state index contributed by atoms with van der Waals surface area (Å²) in [7, 11) is 1.92. The van der Waals surface area contributed by atoms with Crippen molar-refractivity contribution in [3.8, 4) is 5.75 Å². The van der Waals surface area contributed by atoms with Gasteiger partial charge in [0.25, 0.3) is 0 Å². The second-order valence-corrected chi connectivity index (χ2v) is 7.96. The number of nitrogens with one attached hydrogen (secondary N) is 1. The minimum atomic E-state index is -5.08. The maximum Gasteiger partial charge on any atom is 0.490 e. The highest BCUT2D eigenvalue weighted by atomic mass is 19.4. The van der Waals surface area contributed by atoms with Crippen LogP contribution in [0, 0.1) is 5.41 Å². The van der Waals surface area contributed by atoms with Crippen LogP contribution < -0.4 is 10.1 Å². The first-order valence-electron chi connectivity index (χ1n) is 11.0. The number of esters is 1. The minimum absolute atomic E-state index is 0.179. The van der Waals surface area contributed by atoms with Crippen molar-refractivity contribution in [2.45, 2.75) is 25.4 Å². The van der Waals surface area contributed by atoms with Gasteiger partial charge in [0.2, 0.25) is 0 Å². The summed E-state index contributed by atoms with van der Waals surface area (Å²) in [4.78, 5) is 22.4. The lowest BCUT2D eigenvalue weighted by molar-refractivity contribution is -0.192. The number of rotatable bonds is 9. The molecule has 35 heavy (non-hydrogen) atoms.